The number of hydrogen-bond acceptors (Lipinski definition) is 8. The quantitative estimate of drug-likeness (QED) is 0.275. The van der Waals surface area contributed by atoms with Gasteiger partial charge in [-0.25, -0.2) is 9.79 Å². The van der Waals surface area contributed by atoms with Crippen molar-refractivity contribution in [1.29, 1.82) is 0 Å². The molecular weight excluding hydrogens is 482 g/mol. The van der Waals surface area contributed by atoms with Gasteiger partial charge in [-0.15, -0.1) is 0 Å². The van der Waals surface area contributed by atoms with Crippen LogP contribution in [0.4, 0.5) is 5.69 Å². The Bertz CT molecular complexity index is 1520. The molecule has 0 N–H and O–H groups in total. The number of carbonyl (C=O) groups is 1. The summed E-state index contributed by atoms with van der Waals surface area (Å²) in [4.78, 5) is 42.2. The van der Waals surface area contributed by atoms with E-state index in [2.05, 4.69) is 4.99 Å². The molecule has 2 aromatic carbocycles. The standard InChI is InChI=1S/C26H25N3O6S/c1-5-34-20-12-8-18(9-13-20)23-22(25(31)35-15(2)3)16(4)27-26-28(23)24(30)21(36-26)14-17-6-10-19(11-7-17)29(32)33/h6-15,23H,5H2,1-4H3. The summed E-state index contributed by atoms with van der Waals surface area (Å²) in [5, 5.41) is 11.0. The fraction of sp³-hybridized carbons (Fsp3) is 0.269. The molecule has 36 heavy (non-hydrogen) atoms. The van der Waals surface area contributed by atoms with Crippen molar-refractivity contribution >= 4 is 29.1 Å². The van der Waals surface area contributed by atoms with Crippen LogP contribution in [0.2, 0.25) is 0 Å². The molecular formula is C26H25N3O6S. The maximum atomic E-state index is 13.6. The van der Waals surface area contributed by atoms with Crippen LogP contribution in [-0.4, -0.2) is 28.2 Å². The van der Waals surface area contributed by atoms with Crippen LogP contribution in [0.25, 0.3) is 6.08 Å². The number of ether oxygens (including phenoxy) is 2. The summed E-state index contributed by atoms with van der Waals surface area (Å²) >= 11 is 1.19. The molecule has 186 valence electrons. The molecule has 0 radical (unpaired) electrons. The third-order valence-electron chi connectivity index (χ3n) is 5.49. The third-order valence-corrected chi connectivity index (χ3v) is 6.48. The molecule has 0 saturated heterocycles. The Morgan fingerprint density at radius 2 is 1.86 bits per heavy atom. The number of hydrogen-bond donors (Lipinski definition) is 0. The molecule has 1 atom stereocenters. The highest BCUT2D eigenvalue weighted by Gasteiger charge is 2.33. The number of benzene rings is 2. The summed E-state index contributed by atoms with van der Waals surface area (Å²) in [5.74, 6) is 0.147. The molecule has 1 aliphatic rings. The molecule has 0 bridgehead atoms. The summed E-state index contributed by atoms with van der Waals surface area (Å²) in [7, 11) is 0. The Labute approximate surface area is 210 Å². The Hall–Kier alpha value is -4.05. The lowest BCUT2D eigenvalue weighted by Gasteiger charge is -2.25. The number of rotatable bonds is 7. The zero-order valence-corrected chi connectivity index (χ0v) is 21.1. The maximum absolute atomic E-state index is 13.6. The average Bonchev–Trinajstić information content (AvgIpc) is 3.13. The van der Waals surface area contributed by atoms with Crippen molar-refractivity contribution in [2.75, 3.05) is 6.61 Å². The molecule has 3 aromatic rings. The van der Waals surface area contributed by atoms with E-state index in [-0.39, 0.29) is 17.4 Å². The van der Waals surface area contributed by atoms with E-state index in [1.165, 1.54) is 28.0 Å². The van der Waals surface area contributed by atoms with Crippen molar-refractivity contribution in [3.05, 3.63) is 101 Å². The maximum Gasteiger partial charge on any atom is 0.338 e. The second kappa shape index (κ2) is 10.3. The number of non-ortho nitro benzene ring substituents is 1. The molecule has 9 nitrogen and oxygen atoms in total. The highest BCUT2D eigenvalue weighted by atomic mass is 32.1. The van der Waals surface area contributed by atoms with E-state index in [0.717, 1.165) is 0 Å². The van der Waals surface area contributed by atoms with Gasteiger partial charge in [-0.2, -0.15) is 0 Å². The van der Waals surface area contributed by atoms with Crippen LogP contribution in [0, 0.1) is 10.1 Å². The van der Waals surface area contributed by atoms with Crippen LogP contribution in [-0.2, 0) is 9.53 Å². The minimum atomic E-state index is -0.734. The Morgan fingerprint density at radius 1 is 1.19 bits per heavy atom. The molecule has 4 rings (SSSR count). The summed E-state index contributed by atoms with van der Waals surface area (Å²) in [6.45, 7) is 7.66. The molecule has 0 saturated carbocycles. The second-order valence-electron chi connectivity index (χ2n) is 8.39. The monoisotopic (exact) mass is 507 g/mol. The van der Waals surface area contributed by atoms with Gasteiger partial charge in [0.25, 0.3) is 11.2 Å². The second-order valence-corrected chi connectivity index (χ2v) is 9.40. The number of esters is 1. The number of carbonyl (C=O) groups excluding carboxylic acids is 1. The van der Waals surface area contributed by atoms with E-state index in [1.54, 1.807) is 51.1 Å². The first-order chi connectivity index (χ1) is 17.2. The van der Waals surface area contributed by atoms with Crippen molar-refractivity contribution < 1.29 is 19.2 Å². The molecule has 0 amide bonds. The van der Waals surface area contributed by atoms with Gasteiger partial charge in [0, 0.05) is 12.1 Å². The number of aromatic nitrogens is 1. The molecule has 1 unspecified atom stereocenters. The number of thiazole rings is 1. The zero-order chi connectivity index (χ0) is 26.0. The van der Waals surface area contributed by atoms with Crippen molar-refractivity contribution in [2.24, 2.45) is 4.99 Å². The Kier molecular flexibility index (Phi) is 7.16. The van der Waals surface area contributed by atoms with E-state index in [4.69, 9.17) is 9.47 Å². The van der Waals surface area contributed by atoms with Gasteiger partial charge < -0.3 is 9.47 Å². The van der Waals surface area contributed by atoms with Gasteiger partial charge in [-0.1, -0.05) is 23.5 Å². The van der Waals surface area contributed by atoms with Crippen LogP contribution in [0.5, 0.6) is 5.75 Å². The fourth-order valence-electron chi connectivity index (χ4n) is 3.93. The molecule has 0 aliphatic carbocycles. The highest BCUT2D eigenvalue weighted by Crippen LogP contribution is 2.32. The van der Waals surface area contributed by atoms with Crippen molar-refractivity contribution in [2.45, 2.75) is 39.8 Å². The molecule has 10 heteroatoms. The van der Waals surface area contributed by atoms with Crippen molar-refractivity contribution in [3.63, 3.8) is 0 Å². The molecule has 1 aromatic heterocycles. The fourth-order valence-corrected chi connectivity index (χ4v) is 4.98. The topological polar surface area (TPSA) is 113 Å². The van der Waals surface area contributed by atoms with Crippen LogP contribution >= 0.6 is 11.3 Å². The zero-order valence-electron chi connectivity index (χ0n) is 20.3. The number of nitro groups is 1. The summed E-state index contributed by atoms with van der Waals surface area (Å²) in [6, 6.07) is 12.4. The van der Waals surface area contributed by atoms with Gasteiger partial charge in [0.15, 0.2) is 4.80 Å². The number of nitrogens with zero attached hydrogens (tertiary/aromatic N) is 3. The van der Waals surface area contributed by atoms with Gasteiger partial charge in [0.05, 0.1) is 39.5 Å². The molecule has 0 spiro atoms. The number of fused-ring (bicyclic) bond motifs is 1. The molecule has 1 aliphatic heterocycles. The van der Waals surface area contributed by atoms with Gasteiger partial charge in [0.1, 0.15) is 5.75 Å². The minimum absolute atomic E-state index is 0.0342. The lowest BCUT2D eigenvalue weighted by Crippen LogP contribution is -2.40. The first kappa shape index (κ1) is 25.1. The third kappa shape index (κ3) is 4.99. The average molecular weight is 508 g/mol. The summed E-state index contributed by atoms with van der Waals surface area (Å²) in [5.41, 5.74) is 1.77. The van der Waals surface area contributed by atoms with Gasteiger partial charge in [-0.3, -0.25) is 19.5 Å². The predicted octanol–water partition coefficient (Wildman–Crippen LogP) is 3.49. The molecule has 0 fully saturated rings. The van der Waals surface area contributed by atoms with E-state index < -0.39 is 16.9 Å². The van der Waals surface area contributed by atoms with E-state index >= 15 is 0 Å². The Balaban J connectivity index is 1.88. The normalized spacial score (nSPS) is 15.5. The van der Waals surface area contributed by atoms with Crippen molar-refractivity contribution in [1.82, 2.24) is 4.57 Å². The van der Waals surface area contributed by atoms with Crippen LogP contribution in [0.3, 0.4) is 0 Å². The van der Waals surface area contributed by atoms with Crippen LogP contribution < -0.4 is 19.6 Å². The lowest BCUT2D eigenvalue weighted by atomic mass is 9.96. The van der Waals surface area contributed by atoms with Crippen LogP contribution in [0.15, 0.2) is 69.6 Å². The van der Waals surface area contributed by atoms with Gasteiger partial charge in [0.2, 0.25) is 0 Å². The SMILES string of the molecule is CCOc1ccc(C2C(C(=O)OC(C)C)=C(C)N=c3sc(=Cc4ccc([N+](=O)[O-])cc4)c(=O)n32)cc1. The lowest BCUT2D eigenvalue weighted by molar-refractivity contribution is -0.384. The van der Waals surface area contributed by atoms with Gasteiger partial charge in [-0.05, 0) is 69.2 Å². The van der Waals surface area contributed by atoms with Crippen molar-refractivity contribution in [3.8, 4) is 5.75 Å². The van der Waals surface area contributed by atoms with E-state index in [1.807, 2.05) is 19.1 Å². The minimum Gasteiger partial charge on any atom is -0.494 e. The van der Waals surface area contributed by atoms with Gasteiger partial charge >= 0.3 is 5.97 Å². The first-order valence-electron chi connectivity index (χ1n) is 11.4. The van der Waals surface area contributed by atoms with E-state index in [9.17, 15) is 19.7 Å². The summed E-state index contributed by atoms with van der Waals surface area (Å²) in [6.07, 6.45) is 1.32. The Morgan fingerprint density at radius 3 is 2.44 bits per heavy atom. The highest BCUT2D eigenvalue weighted by molar-refractivity contribution is 7.07. The molecule has 2 heterocycles. The van der Waals surface area contributed by atoms with Crippen LogP contribution in [0.1, 0.15) is 44.9 Å². The first-order valence-corrected chi connectivity index (χ1v) is 12.2. The number of allylic oxidation sites excluding steroid dienone is 1. The predicted molar refractivity (Wildman–Crippen MR) is 136 cm³/mol. The summed E-state index contributed by atoms with van der Waals surface area (Å²) < 4.78 is 12.9. The smallest absolute Gasteiger partial charge is 0.338 e. The largest absolute Gasteiger partial charge is 0.494 e. The number of nitro benzene ring substituents is 1. The van der Waals surface area contributed by atoms with E-state index in [0.29, 0.717) is 44.1 Å².